The summed E-state index contributed by atoms with van der Waals surface area (Å²) in [6, 6.07) is 0. The SMILES string of the molecule is CCC1CN(C(=O)O)CCO1.CCN1CCNCC1. The van der Waals surface area contributed by atoms with Gasteiger partial charge in [0.15, 0.2) is 0 Å². The van der Waals surface area contributed by atoms with Crippen molar-refractivity contribution >= 4 is 6.09 Å². The molecule has 0 radical (unpaired) electrons. The Morgan fingerprint density at radius 3 is 2.47 bits per heavy atom. The summed E-state index contributed by atoms with van der Waals surface area (Å²) in [6.07, 6.45) is 0.135. The first-order valence-corrected chi connectivity index (χ1v) is 7.19. The van der Waals surface area contributed by atoms with Gasteiger partial charge in [0.05, 0.1) is 19.3 Å². The molecule has 112 valence electrons. The number of rotatable bonds is 2. The minimum Gasteiger partial charge on any atom is -0.465 e. The molecule has 0 aromatic carbocycles. The van der Waals surface area contributed by atoms with Gasteiger partial charge in [-0.15, -0.1) is 0 Å². The summed E-state index contributed by atoms with van der Waals surface area (Å²) >= 11 is 0. The first kappa shape index (κ1) is 16.2. The summed E-state index contributed by atoms with van der Waals surface area (Å²) in [4.78, 5) is 14.3. The number of nitrogens with zero attached hydrogens (tertiary/aromatic N) is 2. The molecule has 2 fully saturated rings. The van der Waals surface area contributed by atoms with E-state index in [9.17, 15) is 4.79 Å². The van der Waals surface area contributed by atoms with Crippen molar-refractivity contribution in [3.63, 3.8) is 0 Å². The van der Waals surface area contributed by atoms with Crippen LogP contribution in [0.2, 0.25) is 0 Å². The Morgan fingerprint density at radius 1 is 1.32 bits per heavy atom. The zero-order chi connectivity index (χ0) is 14.1. The number of piperazine rings is 1. The van der Waals surface area contributed by atoms with Gasteiger partial charge in [-0.1, -0.05) is 13.8 Å². The molecule has 2 heterocycles. The first-order valence-electron chi connectivity index (χ1n) is 7.19. The van der Waals surface area contributed by atoms with Gasteiger partial charge in [-0.3, -0.25) is 0 Å². The number of carboxylic acid groups (broad SMARTS) is 1. The second-order valence-corrected chi connectivity index (χ2v) is 4.81. The van der Waals surface area contributed by atoms with Crippen LogP contribution in [-0.4, -0.2) is 79.5 Å². The van der Waals surface area contributed by atoms with Crippen LogP contribution in [0, 0.1) is 0 Å². The molecule has 6 heteroatoms. The van der Waals surface area contributed by atoms with E-state index in [1.54, 1.807) is 0 Å². The van der Waals surface area contributed by atoms with Crippen LogP contribution in [0.15, 0.2) is 0 Å². The molecule has 2 saturated heterocycles. The molecule has 1 atom stereocenters. The van der Waals surface area contributed by atoms with Crippen LogP contribution in [0.5, 0.6) is 0 Å². The second-order valence-electron chi connectivity index (χ2n) is 4.81. The molecule has 1 unspecified atom stereocenters. The number of ether oxygens (including phenoxy) is 1. The molecular formula is C13H27N3O3. The van der Waals surface area contributed by atoms with Crippen molar-refractivity contribution in [1.29, 1.82) is 0 Å². The monoisotopic (exact) mass is 273 g/mol. The third kappa shape index (κ3) is 6.22. The molecule has 2 aliphatic rings. The molecule has 2 N–H and O–H groups in total. The summed E-state index contributed by atoms with van der Waals surface area (Å²) in [5.41, 5.74) is 0. The molecule has 0 aliphatic carbocycles. The van der Waals surface area contributed by atoms with Gasteiger partial charge in [-0.2, -0.15) is 0 Å². The highest BCUT2D eigenvalue weighted by atomic mass is 16.5. The highest BCUT2D eigenvalue weighted by Gasteiger charge is 2.21. The number of carbonyl (C=O) groups is 1. The van der Waals surface area contributed by atoms with Crippen LogP contribution in [0.3, 0.4) is 0 Å². The lowest BCUT2D eigenvalue weighted by Gasteiger charge is -2.30. The van der Waals surface area contributed by atoms with Crippen molar-refractivity contribution < 1.29 is 14.6 Å². The standard InChI is InChI=1S/C7H13NO3.C6H14N2/c1-2-6-5-8(7(9)10)3-4-11-6;1-2-8-5-3-7-4-6-8/h6H,2-5H2,1H3,(H,9,10);7H,2-6H2,1H3. The lowest BCUT2D eigenvalue weighted by Crippen LogP contribution is -2.44. The van der Waals surface area contributed by atoms with E-state index in [-0.39, 0.29) is 6.10 Å². The molecule has 0 bridgehead atoms. The van der Waals surface area contributed by atoms with Gasteiger partial charge < -0.3 is 25.0 Å². The van der Waals surface area contributed by atoms with Crippen molar-refractivity contribution in [2.24, 2.45) is 0 Å². The summed E-state index contributed by atoms with van der Waals surface area (Å²) in [5, 5.41) is 11.9. The van der Waals surface area contributed by atoms with E-state index in [0.29, 0.717) is 19.7 Å². The van der Waals surface area contributed by atoms with Gasteiger partial charge in [-0.05, 0) is 13.0 Å². The molecular weight excluding hydrogens is 246 g/mol. The zero-order valence-electron chi connectivity index (χ0n) is 12.1. The van der Waals surface area contributed by atoms with E-state index in [2.05, 4.69) is 17.1 Å². The fourth-order valence-corrected chi connectivity index (χ4v) is 2.17. The smallest absolute Gasteiger partial charge is 0.407 e. The van der Waals surface area contributed by atoms with Crippen molar-refractivity contribution in [2.45, 2.75) is 26.4 Å². The average Bonchev–Trinajstić information content (AvgIpc) is 2.48. The lowest BCUT2D eigenvalue weighted by atomic mass is 10.2. The van der Waals surface area contributed by atoms with Gasteiger partial charge >= 0.3 is 6.09 Å². The van der Waals surface area contributed by atoms with Crippen molar-refractivity contribution in [1.82, 2.24) is 15.1 Å². The molecule has 19 heavy (non-hydrogen) atoms. The molecule has 0 saturated carbocycles. The number of hydrogen-bond acceptors (Lipinski definition) is 4. The predicted octanol–water partition coefficient (Wildman–Crippen LogP) is 0.687. The Bertz CT molecular complexity index is 258. The van der Waals surface area contributed by atoms with Gasteiger partial charge in [0.25, 0.3) is 0 Å². The quantitative estimate of drug-likeness (QED) is 0.775. The number of morpholine rings is 1. The van der Waals surface area contributed by atoms with E-state index in [4.69, 9.17) is 9.84 Å². The van der Waals surface area contributed by atoms with Crippen LogP contribution in [0.1, 0.15) is 20.3 Å². The molecule has 0 aromatic rings. The molecule has 1 amide bonds. The normalized spacial score (nSPS) is 24.5. The Balaban J connectivity index is 0.000000200. The third-order valence-electron chi connectivity index (χ3n) is 3.52. The van der Waals surface area contributed by atoms with Crippen molar-refractivity contribution in [2.75, 3.05) is 52.4 Å². The predicted molar refractivity (Wildman–Crippen MR) is 74.6 cm³/mol. The Hall–Kier alpha value is -0.850. The van der Waals surface area contributed by atoms with E-state index >= 15 is 0 Å². The maximum atomic E-state index is 10.5. The number of hydrogen-bond donors (Lipinski definition) is 2. The van der Waals surface area contributed by atoms with Gasteiger partial charge in [0.2, 0.25) is 0 Å². The zero-order valence-corrected chi connectivity index (χ0v) is 12.1. The van der Waals surface area contributed by atoms with Crippen LogP contribution in [-0.2, 0) is 4.74 Å². The molecule has 2 aliphatic heterocycles. The van der Waals surface area contributed by atoms with E-state index in [1.165, 1.54) is 37.6 Å². The average molecular weight is 273 g/mol. The minimum atomic E-state index is -0.841. The van der Waals surface area contributed by atoms with Gasteiger partial charge in [0.1, 0.15) is 0 Å². The van der Waals surface area contributed by atoms with Crippen LogP contribution in [0.4, 0.5) is 4.79 Å². The molecule has 6 nitrogen and oxygen atoms in total. The minimum absolute atomic E-state index is 0.0971. The van der Waals surface area contributed by atoms with E-state index in [0.717, 1.165) is 6.42 Å². The largest absolute Gasteiger partial charge is 0.465 e. The van der Waals surface area contributed by atoms with Crippen molar-refractivity contribution in [3.05, 3.63) is 0 Å². The van der Waals surface area contributed by atoms with Crippen LogP contribution in [0.25, 0.3) is 0 Å². The number of nitrogens with one attached hydrogen (secondary N) is 1. The Morgan fingerprint density at radius 2 is 2.00 bits per heavy atom. The lowest BCUT2D eigenvalue weighted by molar-refractivity contribution is -0.0229. The summed E-state index contributed by atoms with van der Waals surface area (Å²) in [5.74, 6) is 0. The Labute approximate surface area is 115 Å². The second kappa shape index (κ2) is 9.12. The fourth-order valence-electron chi connectivity index (χ4n) is 2.17. The molecule has 0 spiro atoms. The summed E-state index contributed by atoms with van der Waals surface area (Å²) in [7, 11) is 0. The summed E-state index contributed by atoms with van der Waals surface area (Å²) < 4.78 is 5.30. The van der Waals surface area contributed by atoms with Crippen LogP contribution >= 0.6 is 0 Å². The van der Waals surface area contributed by atoms with Gasteiger partial charge in [-0.25, -0.2) is 4.79 Å². The topological polar surface area (TPSA) is 65.0 Å². The first-order chi connectivity index (χ1) is 9.17. The number of likely N-dealkylation sites (N-methyl/N-ethyl adjacent to an activating group) is 1. The van der Waals surface area contributed by atoms with Crippen molar-refractivity contribution in [3.8, 4) is 0 Å². The van der Waals surface area contributed by atoms with Gasteiger partial charge in [0, 0.05) is 32.7 Å². The highest BCUT2D eigenvalue weighted by Crippen LogP contribution is 2.07. The Kier molecular flexibility index (Phi) is 7.78. The van der Waals surface area contributed by atoms with Crippen LogP contribution < -0.4 is 5.32 Å². The van der Waals surface area contributed by atoms with E-state index < -0.39 is 6.09 Å². The maximum Gasteiger partial charge on any atom is 0.407 e. The molecule has 0 aromatic heterocycles. The highest BCUT2D eigenvalue weighted by molar-refractivity contribution is 5.65. The third-order valence-corrected chi connectivity index (χ3v) is 3.52. The van der Waals surface area contributed by atoms with E-state index in [1.807, 2.05) is 6.92 Å². The summed E-state index contributed by atoms with van der Waals surface area (Å²) in [6.45, 7) is 11.8. The maximum absolute atomic E-state index is 10.5. The molecule has 2 rings (SSSR count). The fraction of sp³-hybridized carbons (Fsp3) is 0.923. The number of amides is 1.